The number of benzene rings is 2. The summed E-state index contributed by atoms with van der Waals surface area (Å²) >= 11 is 1.05. The molecule has 0 unspecified atom stereocenters. The SMILES string of the molecule is COC(=O)C[C@@H]1SC(=O)N[C@@]12Oc1ccccc1[C@@H]1CC(c3ccccc3)=NN12. The average molecular weight is 409 g/mol. The number of hydrogen-bond donors (Lipinski definition) is 1. The molecule has 2 aromatic carbocycles. The summed E-state index contributed by atoms with van der Waals surface area (Å²) in [6, 6.07) is 17.6. The van der Waals surface area contributed by atoms with Crippen molar-refractivity contribution in [1.82, 2.24) is 10.3 Å². The van der Waals surface area contributed by atoms with Gasteiger partial charge in [0, 0.05) is 12.0 Å². The van der Waals surface area contributed by atoms with Crippen LogP contribution < -0.4 is 10.1 Å². The Bertz CT molecular complexity index is 1010. The minimum Gasteiger partial charge on any atom is -0.469 e. The molecule has 0 aromatic heterocycles. The van der Waals surface area contributed by atoms with Crippen molar-refractivity contribution in [2.45, 2.75) is 30.0 Å². The van der Waals surface area contributed by atoms with Crippen molar-refractivity contribution in [3.05, 3.63) is 65.7 Å². The lowest BCUT2D eigenvalue weighted by Crippen LogP contribution is -2.65. The van der Waals surface area contributed by atoms with Crippen LogP contribution in [0.2, 0.25) is 0 Å². The fourth-order valence-electron chi connectivity index (χ4n) is 4.10. The highest BCUT2D eigenvalue weighted by Gasteiger charge is 2.61. The van der Waals surface area contributed by atoms with Crippen molar-refractivity contribution in [3.8, 4) is 5.75 Å². The van der Waals surface area contributed by atoms with E-state index < -0.39 is 17.1 Å². The minimum atomic E-state index is -1.24. The number of thioether (sulfide) groups is 1. The molecule has 1 fully saturated rings. The highest BCUT2D eigenvalue weighted by atomic mass is 32.2. The standard InChI is InChI=1S/C21H19N3O4S/c1-27-19(25)12-18-21(22-20(26)29-18)24-16(14-9-5-6-10-17(14)28-21)11-15(23-24)13-7-3-2-4-8-13/h2-10,16,18H,11-12H2,1H3,(H,22,26)/t16-,18-,21-/m0/s1. The number of amides is 1. The minimum absolute atomic E-state index is 0.0292. The van der Waals surface area contributed by atoms with Gasteiger partial charge in [-0.3, -0.25) is 14.9 Å². The van der Waals surface area contributed by atoms with E-state index in [1.807, 2.05) is 59.6 Å². The van der Waals surface area contributed by atoms with Crippen LogP contribution in [0.1, 0.15) is 30.0 Å². The highest BCUT2D eigenvalue weighted by Crippen LogP contribution is 2.51. The van der Waals surface area contributed by atoms with Crippen molar-refractivity contribution in [2.24, 2.45) is 5.10 Å². The third-order valence-electron chi connectivity index (χ3n) is 5.45. The molecule has 8 heteroatoms. The van der Waals surface area contributed by atoms with Crippen LogP contribution in [0.15, 0.2) is 59.7 Å². The second-order valence-electron chi connectivity index (χ2n) is 7.11. The van der Waals surface area contributed by atoms with E-state index in [1.54, 1.807) is 0 Å². The van der Waals surface area contributed by atoms with Crippen molar-refractivity contribution < 1.29 is 19.1 Å². The number of nitrogens with zero attached hydrogens (tertiary/aromatic N) is 2. The van der Waals surface area contributed by atoms with Gasteiger partial charge in [0.2, 0.25) is 0 Å². The molecule has 0 aliphatic carbocycles. The Hall–Kier alpha value is -3.00. The van der Waals surface area contributed by atoms with Crippen LogP contribution in [0, 0.1) is 0 Å². The molecule has 3 aliphatic rings. The van der Waals surface area contributed by atoms with Crippen LogP contribution in [0.25, 0.3) is 0 Å². The number of carbonyl (C=O) groups excluding carboxylic acids is 2. The number of para-hydroxylation sites is 1. The normalized spacial score (nSPS) is 27.0. The molecule has 0 bridgehead atoms. The van der Waals surface area contributed by atoms with Gasteiger partial charge in [-0.1, -0.05) is 60.3 Å². The molecule has 2 aromatic rings. The highest BCUT2D eigenvalue weighted by molar-refractivity contribution is 8.14. The summed E-state index contributed by atoms with van der Waals surface area (Å²) in [7, 11) is 1.34. The van der Waals surface area contributed by atoms with Crippen LogP contribution >= 0.6 is 11.8 Å². The van der Waals surface area contributed by atoms with Gasteiger partial charge in [-0.2, -0.15) is 5.10 Å². The van der Waals surface area contributed by atoms with E-state index in [0.29, 0.717) is 12.2 Å². The Balaban J connectivity index is 1.62. The number of nitrogens with one attached hydrogen (secondary N) is 1. The number of methoxy groups -OCH3 is 1. The third kappa shape index (κ3) is 2.86. The van der Waals surface area contributed by atoms with Gasteiger partial charge in [-0.15, -0.1) is 0 Å². The molecule has 29 heavy (non-hydrogen) atoms. The molecule has 3 aliphatic heterocycles. The molecule has 3 heterocycles. The van der Waals surface area contributed by atoms with Gasteiger partial charge in [0.05, 0.1) is 25.3 Å². The van der Waals surface area contributed by atoms with Crippen LogP contribution in [0.3, 0.4) is 0 Å². The van der Waals surface area contributed by atoms with Crippen LogP contribution in [0.5, 0.6) is 5.75 Å². The first-order chi connectivity index (χ1) is 14.1. The Kier molecular flexibility index (Phi) is 4.24. The van der Waals surface area contributed by atoms with Crippen molar-refractivity contribution in [3.63, 3.8) is 0 Å². The number of rotatable bonds is 3. The van der Waals surface area contributed by atoms with E-state index in [-0.39, 0.29) is 17.7 Å². The van der Waals surface area contributed by atoms with Gasteiger partial charge in [-0.05, 0) is 11.6 Å². The maximum Gasteiger partial charge on any atom is 0.306 e. The van der Waals surface area contributed by atoms with E-state index in [4.69, 9.17) is 14.6 Å². The fourth-order valence-corrected chi connectivity index (χ4v) is 5.16. The van der Waals surface area contributed by atoms with E-state index >= 15 is 0 Å². The zero-order chi connectivity index (χ0) is 20.0. The monoisotopic (exact) mass is 409 g/mol. The number of hydrogen-bond acceptors (Lipinski definition) is 7. The van der Waals surface area contributed by atoms with Gasteiger partial charge < -0.3 is 9.47 Å². The molecule has 1 amide bonds. The lowest BCUT2D eigenvalue weighted by molar-refractivity contribution is -0.150. The number of ether oxygens (including phenoxy) is 2. The third-order valence-corrected chi connectivity index (χ3v) is 6.53. The summed E-state index contributed by atoms with van der Waals surface area (Å²) in [6.07, 6.45) is 0.707. The second-order valence-corrected chi connectivity index (χ2v) is 8.29. The molecule has 1 saturated heterocycles. The quantitative estimate of drug-likeness (QED) is 0.784. The Morgan fingerprint density at radius 1 is 1.28 bits per heavy atom. The first-order valence-electron chi connectivity index (χ1n) is 9.36. The van der Waals surface area contributed by atoms with Crippen molar-refractivity contribution in [1.29, 1.82) is 0 Å². The van der Waals surface area contributed by atoms with Gasteiger partial charge in [0.25, 0.3) is 11.1 Å². The Morgan fingerprint density at radius 3 is 2.83 bits per heavy atom. The largest absolute Gasteiger partial charge is 0.469 e. The first-order valence-corrected chi connectivity index (χ1v) is 10.2. The zero-order valence-corrected chi connectivity index (χ0v) is 16.5. The Labute approximate surface area is 172 Å². The number of esters is 1. The lowest BCUT2D eigenvalue weighted by Gasteiger charge is -2.47. The number of carbonyl (C=O) groups is 2. The molecule has 5 rings (SSSR count). The molecule has 3 atom stereocenters. The molecule has 1 spiro atoms. The summed E-state index contributed by atoms with van der Waals surface area (Å²) in [4.78, 5) is 24.4. The maximum atomic E-state index is 12.4. The van der Waals surface area contributed by atoms with Crippen LogP contribution in [0.4, 0.5) is 4.79 Å². The van der Waals surface area contributed by atoms with E-state index in [0.717, 1.165) is 28.6 Å². The van der Waals surface area contributed by atoms with Gasteiger partial charge in [0.15, 0.2) is 0 Å². The summed E-state index contributed by atoms with van der Waals surface area (Å²) in [5, 5.41) is 8.89. The molecule has 0 radical (unpaired) electrons. The van der Waals surface area contributed by atoms with Crippen LogP contribution in [-0.4, -0.2) is 40.1 Å². The average Bonchev–Trinajstić information content (AvgIpc) is 3.32. The zero-order valence-electron chi connectivity index (χ0n) is 15.7. The predicted molar refractivity (Wildman–Crippen MR) is 109 cm³/mol. The van der Waals surface area contributed by atoms with Gasteiger partial charge >= 0.3 is 5.97 Å². The molecule has 1 N–H and O–H groups in total. The van der Waals surface area contributed by atoms with Crippen molar-refractivity contribution >= 4 is 28.7 Å². The number of fused-ring (bicyclic) bond motifs is 4. The fraction of sp³-hybridized carbons (Fsp3) is 0.286. The Morgan fingerprint density at radius 2 is 2.03 bits per heavy atom. The molecule has 7 nitrogen and oxygen atoms in total. The van der Waals surface area contributed by atoms with Gasteiger partial charge in [0.1, 0.15) is 11.0 Å². The van der Waals surface area contributed by atoms with E-state index in [9.17, 15) is 9.59 Å². The summed E-state index contributed by atoms with van der Waals surface area (Å²) in [5.74, 6) is -0.953. The summed E-state index contributed by atoms with van der Waals surface area (Å²) < 4.78 is 11.2. The topological polar surface area (TPSA) is 80.2 Å². The summed E-state index contributed by atoms with van der Waals surface area (Å²) in [6.45, 7) is 0. The van der Waals surface area contributed by atoms with E-state index in [1.165, 1.54) is 7.11 Å². The molecular weight excluding hydrogens is 390 g/mol. The smallest absolute Gasteiger partial charge is 0.306 e. The van der Waals surface area contributed by atoms with Gasteiger partial charge in [-0.25, -0.2) is 5.01 Å². The lowest BCUT2D eigenvalue weighted by atomic mass is 9.95. The molecule has 148 valence electrons. The first kappa shape index (κ1) is 18.1. The second kappa shape index (κ2) is 6.81. The molecular formula is C21H19N3O4S. The van der Waals surface area contributed by atoms with E-state index in [2.05, 4.69) is 5.32 Å². The number of hydrazone groups is 1. The predicted octanol–water partition coefficient (Wildman–Crippen LogP) is 3.27. The summed E-state index contributed by atoms with van der Waals surface area (Å²) in [5.41, 5.74) is 2.95. The van der Waals surface area contributed by atoms with Crippen molar-refractivity contribution in [2.75, 3.05) is 7.11 Å². The molecule has 0 saturated carbocycles. The maximum absolute atomic E-state index is 12.4. The van der Waals surface area contributed by atoms with Crippen LogP contribution in [-0.2, 0) is 9.53 Å².